The second kappa shape index (κ2) is 7.99. The SMILES string of the molecule is COc1ccc(-c2c(C)nn3c(NCc4cccc(S(C)(=O)=O)c4)ccnc23)cc1F. The lowest BCUT2D eigenvalue weighted by atomic mass is 10.1. The molecule has 0 aliphatic rings. The number of hydrogen-bond acceptors (Lipinski definition) is 6. The molecule has 7 nitrogen and oxygen atoms in total. The third kappa shape index (κ3) is 4.09. The van der Waals surface area contributed by atoms with Crippen molar-refractivity contribution in [1.82, 2.24) is 14.6 Å². The highest BCUT2D eigenvalue weighted by atomic mass is 32.2. The summed E-state index contributed by atoms with van der Waals surface area (Å²) in [5.74, 6) is 0.390. The Bertz CT molecular complexity index is 1380. The average molecular weight is 441 g/mol. The van der Waals surface area contributed by atoms with E-state index in [9.17, 15) is 12.8 Å². The number of fused-ring (bicyclic) bond motifs is 1. The van der Waals surface area contributed by atoms with E-state index in [1.807, 2.05) is 13.0 Å². The van der Waals surface area contributed by atoms with Gasteiger partial charge in [-0.3, -0.25) is 0 Å². The summed E-state index contributed by atoms with van der Waals surface area (Å²) in [5, 5.41) is 7.85. The van der Waals surface area contributed by atoms with Crippen molar-refractivity contribution in [2.75, 3.05) is 18.7 Å². The molecule has 31 heavy (non-hydrogen) atoms. The molecule has 0 amide bonds. The maximum atomic E-state index is 14.3. The minimum Gasteiger partial charge on any atom is -0.494 e. The van der Waals surface area contributed by atoms with Crippen LogP contribution in [-0.2, 0) is 16.4 Å². The molecule has 1 N–H and O–H groups in total. The van der Waals surface area contributed by atoms with Gasteiger partial charge in [0.2, 0.25) is 0 Å². The number of methoxy groups -OCH3 is 1. The summed E-state index contributed by atoms with van der Waals surface area (Å²) in [7, 11) is -1.86. The first-order valence-electron chi connectivity index (χ1n) is 9.49. The van der Waals surface area contributed by atoms with Gasteiger partial charge in [-0.2, -0.15) is 9.61 Å². The average Bonchev–Trinajstić information content (AvgIpc) is 3.08. The molecule has 0 aliphatic heterocycles. The summed E-state index contributed by atoms with van der Waals surface area (Å²) in [6.45, 7) is 2.24. The van der Waals surface area contributed by atoms with E-state index in [1.54, 1.807) is 47.1 Å². The fraction of sp³-hybridized carbons (Fsp3) is 0.182. The van der Waals surface area contributed by atoms with Crippen molar-refractivity contribution < 1.29 is 17.5 Å². The van der Waals surface area contributed by atoms with Crippen LogP contribution in [0.25, 0.3) is 16.8 Å². The van der Waals surface area contributed by atoms with Crippen LogP contribution in [0.15, 0.2) is 59.6 Å². The van der Waals surface area contributed by atoms with Gasteiger partial charge >= 0.3 is 0 Å². The van der Waals surface area contributed by atoms with Crippen LogP contribution in [0.1, 0.15) is 11.3 Å². The summed E-state index contributed by atoms with van der Waals surface area (Å²) in [4.78, 5) is 4.71. The summed E-state index contributed by atoms with van der Waals surface area (Å²) < 4.78 is 44.5. The van der Waals surface area contributed by atoms with E-state index in [-0.39, 0.29) is 10.6 Å². The van der Waals surface area contributed by atoms with Gasteiger partial charge in [0.05, 0.1) is 17.7 Å². The van der Waals surface area contributed by atoms with Gasteiger partial charge in [-0.1, -0.05) is 18.2 Å². The van der Waals surface area contributed by atoms with Crippen molar-refractivity contribution in [1.29, 1.82) is 0 Å². The van der Waals surface area contributed by atoms with Gasteiger partial charge in [-0.05, 0) is 48.4 Å². The topological polar surface area (TPSA) is 85.6 Å². The lowest BCUT2D eigenvalue weighted by Gasteiger charge is -2.09. The Morgan fingerprint density at radius 2 is 1.97 bits per heavy atom. The van der Waals surface area contributed by atoms with Gasteiger partial charge in [0.15, 0.2) is 27.1 Å². The molecule has 0 unspecified atom stereocenters. The fourth-order valence-corrected chi connectivity index (χ4v) is 4.11. The van der Waals surface area contributed by atoms with Crippen molar-refractivity contribution in [2.24, 2.45) is 0 Å². The Hall–Kier alpha value is -3.46. The van der Waals surface area contributed by atoms with Crippen LogP contribution in [-0.4, -0.2) is 36.4 Å². The molecule has 2 aromatic heterocycles. The van der Waals surface area contributed by atoms with Gasteiger partial charge in [0.25, 0.3) is 0 Å². The number of aryl methyl sites for hydroxylation is 1. The number of aromatic nitrogens is 3. The quantitative estimate of drug-likeness (QED) is 0.490. The van der Waals surface area contributed by atoms with E-state index >= 15 is 0 Å². The zero-order valence-corrected chi connectivity index (χ0v) is 18.1. The Labute approximate surface area is 179 Å². The highest BCUT2D eigenvalue weighted by Gasteiger charge is 2.17. The van der Waals surface area contributed by atoms with Crippen LogP contribution < -0.4 is 10.1 Å². The largest absolute Gasteiger partial charge is 0.494 e. The minimum absolute atomic E-state index is 0.171. The normalized spacial score (nSPS) is 11.6. The summed E-state index contributed by atoms with van der Waals surface area (Å²) in [6.07, 6.45) is 2.83. The Morgan fingerprint density at radius 1 is 1.16 bits per heavy atom. The smallest absolute Gasteiger partial charge is 0.175 e. The number of nitrogens with zero attached hydrogens (tertiary/aromatic N) is 3. The number of sulfone groups is 1. The predicted molar refractivity (Wildman–Crippen MR) is 117 cm³/mol. The van der Waals surface area contributed by atoms with E-state index in [0.717, 1.165) is 11.1 Å². The number of anilines is 1. The maximum absolute atomic E-state index is 14.3. The lowest BCUT2D eigenvalue weighted by molar-refractivity contribution is 0.386. The molecule has 4 rings (SSSR count). The molecule has 0 fully saturated rings. The second-order valence-electron chi connectivity index (χ2n) is 7.15. The van der Waals surface area contributed by atoms with Crippen LogP contribution in [0.3, 0.4) is 0 Å². The summed E-state index contributed by atoms with van der Waals surface area (Å²) in [5.41, 5.74) is 3.47. The first-order valence-corrected chi connectivity index (χ1v) is 11.4. The fourth-order valence-electron chi connectivity index (χ4n) is 3.42. The standard InChI is InChI=1S/C22H21FN4O3S/c1-14-21(16-7-8-19(30-2)18(23)12-16)22-24-10-9-20(27(22)26-14)25-13-15-5-4-6-17(11-15)31(3,28)29/h4-12,25H,13H2,1-3H3. The van der Waals surface area contributed by atoms with Gasteiger partial charge in [0, 0.05) is 24.6 Å². The highest BCUT2D eigenvalue weighted by molar-refractivity contribution is 7.90. The van der Waals surface area contributed by atoms with E-state index in [1.165, 1.54) is 19.4 Å². The maximum Gasteiger partial charge on any atom is 0.175 e. The molecular weight excluding hydrogens is 419 g/mol. The van der Waals surface area contributed by atoms with Gasteiger partial charge < -0.3 is 10.1 Å². The molecule has 9 heteroatoms. The molecule has 2 aromatic carbocycles. The monoisotopic (exact) mass is 440 g/mol. The van der Waals surface area contributed by atoms with Gasteiger partial charge in [-0.25, -0.2) is 17.8 Å². The van der Waals surface area contributed by atoms with Crippen LogP contribution >= 0.6 is 0 Å². The Morgan fingerprint density at radius 3 is 2.68 bits per heavy atom. The molecular formula is C22H21FN4O3S. The second-order valence-corrected chi connectivity index (χ2v) is 9.16. The molecule has 2 heterocycles. The van der Waals surface area contributed by atoms with Crippen LogP contribution in [0, 0.1) is 12.7 Å². The molecule has 0 saturated heterocycles. The molecule has 0 spiro atoms. The molecule has 0 aliphatic carbocycles. The lowest BCUT2D eigenvalue weighted by Crippen LogP contribution is -2.06. The number of rotatable bonds is 6. The van der Waals surface area contributed by atoms with Crippen LogP contribution in [0.5, 0.6) is 5.75 Å². The van der Waals surface area contributed by atoms with Crippen molar-refractivity contribution in [3.8, 4) is 16.9 Å². The van der Waals surface area contributed by atoms with Crippen molar-refractivity contribution in [3.05, 3.63) is 71.8 Å². The van der Waals surface area contributed by atoms with Crippen molar-refractivity contribution >= 4 is 21.3 Å². The number of ether oxygens (including phenoxy) is 1. The van der Waals surface area contributed by atoms with Crippen LogP contribution in [0.2, 0.25) is 0 Å². The summed E-state index contributed by atoms with van der Waals surface area (Å²) in [6, 6.07) is 13.3. The number of halogens is 1. The van der Waals surface area contributed by atoms with E-state index in [0.29, 0.717) is 29.3 Å². The minimum atomic E-state index is -3.28. The zero-order valence-electron chi connectivity index (χ0n) is 17.3. The van der Waals surface area contributed by atoms with Crippen molar-refractivity contribution in [3.63, 3.8) is 0 Å². The first kappa shape index (κ1) is 20.8. The van der Waals surface area contributed by atoms with Crippen molar-refractivity contribution in [2.45, 2.75) is 18.4 Å². The van der Waals surface area contributed by atoms with E-state index in [2.05, 4.69) is 15.4 Å². The number of hydrogen-bond donors (Lipinski definition) is 1. The number of benzene rings is 2. The predicted octanol–water partition coefficient (Wildman–Crippen LogP) is 3.87. The molecule has 0 atom stereocenters. The molecule has 0 bridgehead atoms. The Balaban J connectivity index is 1.68. The molecule has 0 saturated carbocycles. The third-order valence-electron chi connectivity index (χ3n) is 4.93. The van der Waals surface area contributed by atoms with Gasteiger partial charge in [0.1, 0.15) is 5.82 Å². The first-order chi connectivity index (χ1) is 14.8. The molecule has 4 aromatic rings. The zero-order chi connectivity index (χ0) is 22.2. The molecule has 160 valence electrons. The van der Waals surface area contributed by atoms with E-state index < -0.39 is 15.7 Å². The third-order valence-corrected chi connectivity index (χ3v) is 6.04. The van der Waals surface area contributed by atoms with E-state index in [4.69, 9.17) is 4.74 Å². The molecule has 0 radical (unpaired) electrons. The summed E-state index contributed by atoms with van der Waals surface area (Å²) >= 11 is 0. The number of nitrogens with one attached hydrogen (secondary N) is 1. The van der Waals surface area contributed by atoms with Crippen LogP contribution in [0.4, 0.5) is 10.2 Å². The van der Waals surface area contributed by atoms with Gasteiger partial charge in [-0.15, -0.1) is 0 Å². The Kier molecular flexibility index (Phi) is 5.36. The highest BCUT2D eigenvalue weighted by Crippen LogP contribution is 2.31.